The SMILES string of the molecule is CC1(C(=O)NO)C=NC(NC2(c3ccccc3)CCN(C(=S)Nc3ccccc3)CC2)=NC1. The second-order valence-corrected chi connectivity index (χ2v) is 9.00. The molecule has 1 atom stereocenters. The first kappa shape index (κ1) is 22.9. The molecule has 0 aliphatic carbocycles. The van der Waals surface area contributed by atoms with Gasteiger partial charge in [-0.1, -0.05) is 48.5 Å². The number of likely N-dealkylation sites (tertiary alicyclic amines) is 1. The van der Waals surface area contributed by atoms with Crippen LogP contribution in [0.15, 0.2) is 70.6 Å². The molecule has 2 aliphatic heterocycles. The molecule has 9 heteroatoms. The van der Waals surface area contributed by atoms with Gasteiger partial charge in [0.05, 0.1) is 12.1 Å². The van der Waals surface area contributed by atoms with E-state index in [2.05, 4.69) is 37.7 Å². The molecule has 1 unspecified atom stereocenters. The first-order chi connectivity index (χ1) is 15.9. The minimum absolute atomic E-state index is 0.202. The molecule has 0 saturated carbocycles. The molecule has 2 aromatic carbocycles. The topological polar surface area (TPSA) is 101 Å². The highest BCUT2D eigenvalue weighted by Crippen LogP contribution is 2.34. The van der Waals surface area contributed by atoms with Gasteiger partial charge in [0.25, 0.3) is 5.91 Å². The van der Waals surface area contributed by atoms with Crippen LogP contribution in [0.4, 0.5) is 5.69 Å². The summed E-state index contributed by atoms with van der Waals surface area (Å²) >= 11 is 5.66. The van der Waals surface area contributed by atoms with Gasteiger partial charge in [0.1, 0.15) is 5.41 Å². The molecule has 0 aromatic heterocycles. The molecule has 2 aromatic rings. The van der Waals surface area contributed by atoms with Crippen molar-refractivity contribution in [1.29, 1.82) is 0 Å². The number of thiocarbonyl (C=S) groups is 1. The number of benzene rings is 2. The van der Waals surface area contributed by atoms with Gasteiger partial charge in [-0.05, 0) is 49.7 Å². The van der Waals surface area contributed by atoms with E-state index < -0.39 is 11.3 Å². The predicted molar refractivity (Wildman–Crippen MR) is 134 cm³/mol. The van der Waals surface area contributed by atoms with Crippen molar-refractivity contribution >= 4 is 41.1 Å². The molecule has 0 bridgehead atoms. The van der Waals surface area contributed by atoms with E-state index >= 15 is 0 Å². The third-order valence-electron chi connectivity index (χ3n) is 6.26. The highest BCUT2D eigenvalue weighted by atomic mass is 32.1. The van der Waals surface area contributed by atoms with E-state index in [1.807, 2.05) is 48.5 Å². The predicted octanol–water partition coefficient (Wildman–Crippen LogP) is 2.92. The minimum Gasteiger partial charge on any atom is -0.349 e. The molecule has 4 N–H and O–H groups in total. The summed E-state index contributed by atoms with van der Waals surface area (Å²) in [6, 6.07) is 20.2. The van der Waals surface area contributed by atoms with Crippen LogP contribution in [-0.4, -0.2) is 52.9 Å². The Morgan fingerprint density at radius 2 is 1.70 bits per heavy atom. The number of guanidine groups is 1. The fraction of sp³-hybridized carbons (Fsp3) is 0.333. The van der Waals surface area contributed by atoms with Crippen LogP contribution in [0.3, 0.4) is 0 Å². The molecule has 4 rings (SSSR count). The van der Waals surface area contributed by atoms with Gasteiger partial charge in [-0.3, -0.25) is 10.0 Å². The summed E-state index contributed by atoms with van der Waals surface area (Å²) in [7, 11) is 0. The van der Waals surface area contributed by atoms with E-state index in [1.54, 1.807) is 18.6 Å². The van der Waals surface area contributed by atoms with Crippen LogP contribution in [0.1, 0.15) is 25.3 Å². The third kappa shape index (κ3) is 5.04. The van der Waals surface area contributed by atoms with Gasteiger partial charge in [-0.25, -0.2) is 15.5 Å². The molecule has 172 valence electrons. The molecule has 1 fully saturated rings. The Morgan fingerprint density at radius 3 is 2.27 bits per heavy atom. The summed E-state index contributed by atoms with van der Waals surface area (Å²) in [5, 5.41) is 16.6. The number of nitrogens with one attached hydrogen (secondary N) is 3. The molecular formula is C24H28N6O2S. The fourth-order valence-electron chi connectivity index (χ4n) is 4.13. The number of carbonyl (C=O) groups is 1. The van der Waals surface area contributed by atoms with Crippen LogP contribution in [-0.2, 0) is 10.3 Å². The van der Waals surface area contributed by atoms with Crippen molar-refractivity contribution < 1.29 is 10.0 Å². The van der Waals surface area contributed by atoms with Crippen molar-refractivity contribution in [2.24, 2.45) is 15.4 Å². The monoisotopic (exact) mass is 464 g/mol. The summed E-state index contributed by atoms with van der Waals surface area (Å²) in [4.78, 5) is 23.0. The summed E-state index contributed by atoms with van der Waals surface area (Å²) in [5.74, 6) is -0.0416. The average Bonchev–Trinajstić information content (AvgIpc) is 2.86. The van der Waals surface area contributed by atoms with Gasteiger partial charge >= 0.3 is 0 Å². The summed E-state index contributed by atoms with van der Waals surface area (Å²) < 4.78 is 0. The number of hydrogen-bond donors (Lipinski definition) is 4. The number of hydroxylamine groups is 1. The number of anilines is 1. The quantitative estimate of drug-likeness (QED) is 0.315. The normalized spacial score (nSPS) is 21.6. The Hall–Kier alpha value is -3.30. The van der Waals surface area contributed by atoms with Crippen LogP contribution >= 0.6 is 12.2 Å². The molecule has 1 saturated heterocycles. The Kier molecular flexibility index (Phi) is 6.71. The number of piperidine rings is 1. The van der Waals surface area contributed by atoms with Crippen molar-refractivity contribution in [1.82, 2.24) is 15.7 Å². The number of nitrogens with zero attached hydrogens (tertiary/aromatic N) is 3. The zero-order valence-electron chi connectivity index (χ0n) is 18.5. The lowest BCUT2D eigenvalue weighted by Gasteiger charge is -2.44. The molecule has 33 heavy (non-hydrogen) atoms. The minimum atomic E-state index is -0.974. The van der Waals surface area contributed by atoms with Gasteiger partial charge in [-0.15, -0.1) is 0 Å². The van der Waals surface area contributed by atoms with Crippen molar-refractivity contribution in [2.45, 2.75) is 25.3 Å². The van der Waals surface area contributed by atoms with E-state index in [1.165, 1.54) is 0 Å². The van der Waals surface area contributed by atoms with Crippen molar-refractivity contribution in [3.05, 3.63) is 66.2 Å². The van der Waals surface area contributed by atoms with Gasteiger partial charge in [0.2, 0.25) is 5.96 Å². The Balaban J connectivity index is 1.48. The van der Waals surface area contributed by atoms with Crippen LogP contribution in [0.5, 0.6) is 0 Å². The lowest BCUT2D eigenvalue weighted by Crippen LogP contribution is -2.55. The van der Waals surface area contributed by atoms with Gasteiger partial charge in [-0.2, -0.15) is 0 Å². The largest absolute Gasteiger partial charge is 0.349 e. The van der Waals surface area contributed by atoms with Crippen molar-refractivity contribution in [3.8, 4) is 0 Å². The van der Waals surface area contributed by atoms with Gasteiger partial charge < -0.3 is 15.5 Å². The molecule has 2 aliphatic rings. The molecule has 0 spiro atoms. The number of para-hydroxylation sites is 1. The molecular weight excluding hydrogens is 436 g/mol. The number of hydrogen-bond acceptors (Lipinski definition) is 6. The first-order valence-electron chi connectivity index (χ1n) is 10.9. The van der Waals surface area contributed by atoms with Crippen LogP contribution in [0.25, 0.3) is 0 Å². The standard InChI is InChI=1S/C24H28N6O2S/c1-23(20(31)29-32)16-25-21(26-17-23)28-24(18-8-4-2-5-9-18)12-14-30(15-13-24)22(33)27-19-10-6-3-7-11-19/h2-11,16,32H,12-15,17H2,1H3,(H,26,28)(H,27,33)(H,29,31). The maximum Gasteiger partial charge on any atom is 0.256 e. The Morgan fingerprint density at radius 1 is 1.06 bits per heavy atom. The highest BCUT2D eigenvalue weighted by Gasteiger charge is 2.39. The Labute approximate surface area is 198 Å². The molecule has 0 radical (unpaired) electrons. The smallest absolute Gasteiger partial charge is 0.256 e. The third-order valence-corrected chi connectivity index (χ3v) is 6.62. The van der Waals surface area contributed by atoms with Crippen LogP contribution in [0.2, 0.25) is 0 Å². The lowest BCUT2D eigenvalue weighted by atomic mass is 9.81. The van der Waals surface area contributed by atoms with E-state index in [4.69, 9.17) is 17.4 Å². The van der Waals surface area contributed by atoms with Crippen LogP contribution in [0, 0.1) is 5.41 Å². The zero-order chi connectivity index (χ0) is 23.3. The van der Waals surface area contributed by atoms with Crippen molar-refractivity contribution in [3.63, 3.8) is 0 Å². The number of aliphatic imine (C=N–C) groups is 2. The average molecular weight is 465 g/mol. The van der Waals surface area contributed by atoms with Gasteiger partial charge in [0.15, 0.2) is 5.11 Å². The lowest BCUT2D eigenvalue weighted by molar-refractivity contribution is -0.134. The highest BCUT2D eigenvalue weighted by molar-refractivity contribution is 7.80. The second kappa shape index (κ2) is 9.68. The summed E-state index contributed by atoms with van der Waals surface area (Å²) in [6.07, 6.45) is 3.15. The first-order valence-corrected chi connectivity index (χ1v) is 11.3. The molecule has 8 nitrogen and oxygen atoms in total. The van der Waals surface area contributed by atoms with Crippen LogP contribution < -0.4 is 16.1 Å². The molecule has 1 amide bonds. The summed E-state index contributed by atoms with van der Waals surface area (Å²) in [6.45, 7) is 3.42. The number of rotatable bonds is 4. The van der Waals surface area contributed by atoms with E-state index in [0.29, 0.717) is 11.1 Å². The maximum absolute atomic E-state index is 11.9. The van der Waals surface area contributed by atoms with E-state index in [9.17, 15) is 4.79 Å². The fourth-order valence-corrected chi connectivity index (χ4v) is 4.43. The summed E-state index contributed by atoms with van der Waals surface area (Å²) in [5.41, 5.74) is 2.49. The van der Waals surface area contributed by atoms with Crippen molar-refractivity contribution in [2.75, 3.05) is 25.0 Å². The van der Waals surface area contributed by atoms with Gasteiger partial charge in [0, 0.05) is 25.0 Å². The second-order valence-electron chi connectivity index (χ2n) is 8.61. The number of amides is 1. The molecule has 2 heterocycles. The van der Waals surface area contributed by atoms with E-state index in [-0.39, 0.29) is 12.1 Å². The Bertz CT molecular complexity index is 1050. The maximum atomic E-state index is 11.9. The van der Waals surface area contributed by atoms with E-state index in [0.717, 1.165) is 37.2 Å². The number of carbonyl (C=O) groups excluding carboxylic acids is 1. The zero-order valence-corrected chi connectivity index (χ0v) is 19.3.